The van der Waals surface area contributed by atoms with Gasteiger partial charge in [0.2, 0.25) is 5.91 Å². The minimum Gasteiger partial charge on any atom is -0.497 e. The van der Waals surface area contributed by atoms with Crippen molar-refractivity contribution in [2.45, 2.75) is 58.2 Å². The lowest BCUT2D eigenvalue weighted by Crippen LogP contribution is -2.43. The molecule has 2 rings (SSSR count). The van der Waals surface area contributed by atoms with Crippen LogP contribution in [0.1, 0.15) is 51.5 Å². The van der Waals surface area contributed by atoms with Crippen molar-refractivity contribution in [1.29, 1.82) is 0 Å². The van der Waals surface area contributed by atoms with E-state index in [0.29, 0.717) is 34.2 Å². The Morgan fingerprint density at radius 1 is 1.29 bits per heavy atom. The second kappa shape index (κ2) is 13.3. The molecule has 3 atom stereocenters. The summed E-state index contributed by atoms with van der Waals surface area (Å²) in [6.45, 7) is 13.6. The molecule has 1 aromatic carbocycles. The van der Waals surface area contributed by atoms with E-state index in [1.807, 2.05) is 12.1 Å². The SMILES string of the molecule is C=C/C=C(\C(=C)OC)[C@H](C)OC(=O)C1=C(C)N(CC(CCC)OC)C(=O)C[C@H]1c1ccc(Cl)cc1. The van der Waals surface area contributed by atoms with Gasteiger partial charge in [0.15, 0.2) is 0 Å². The van der Waals surface area contributed by atoms with Crippen LogP contribution in [-0.2, 0) is 23.8 Å². The van der Waals surface area contributed by atoms with Gasteiger partial charge in [-0.05, 0) is 38.0 Å². The van der Waals surface area contributed by atoms with E-state index < -0.39 is 18.0 Å². The van der Waals surface area contributed by atoms with Crippen LogP contribution in [0.3, 0.4) is 0 Å². The molecular formula is C28H36ClNO5. The molecule has 1 aliphatic rings. The maximum atomic E-state index is 13.6. The van der Waals surface area contributed by atoms with Gasteiger partial charge >= 0.3 is 5.97 Å². The van der Waals surface area contributed by atoms with Gasteiger partial charge in [0.25, 0.3) is 0 Å². The molecule has 0 N–H and O–H groups in total. The number of rotatable bonds is 12. The molecule has 190 valence electrons. The van der Waals surface area contributed by atoms with E-state index in [9.17, 15) is 9.59 Å². The number of esters is 1. The van der Waals surface area contributed by atoms with Crippen molar-refractivity contribution in [2.75, 3.05) is 20.8 Å². The monoisotopic (exact) mass is 501 g/mol. The molecule has 6 nitrogen and oxygen atoms in total. The normalized spacial score (nSPS) is 18.2. The van der Waals surface area contributed by atoms with Crippen LogP contribution in [0.15, 0.2) is 72.2 Å². The summed E-state index contributed by atoms with van der Waals surface area (Å²) < 4.78 is 16.7. The maximum Gasteiger partial charge on any atom is 0.337 e. The van der Waals surface area contributed by atoms with E-state index in [2.05, 4.69) is 20.1 Å². The third-order valence-corrected chi connectivity index (χ3v) is 6.48. The van der Waals surface area contributed by atoms with Gasteiger partial charge in [-0.25, -0.2) is 4.79 Å². The number of hydrogen-bond acceptors (Lipinski definition) is 5. The van der Waals surface area contributed by atoms with Gasteiger partial charge in [-0.1, -0.05) is 62.4 Å². The summed E-state index contributed by atoms with van der Waals surface area (Å²) in [6, 6.07) is 7.18. The number of methoxy groups -OCH3 is 2. The summed E-state index contributed by atoms with van der Waals surface area (Å²) in [5, 5.41) is 0.579. The number of hydrogen-bond donors (Lipinski definition) is 0. The van der Waals surface area contributed by atoms with E-state index in [1.54, 1.807) is 50.1 Å². The number of carbonyl (C=O) groups excluding carboxylic acids is 2. The molecule has 7 heteroatoms. The van der Waals surface area contributed by atoms with E-state index in [0.717, 1.165) is 18.4 Å². The highest BCUT2D eigenvalue weighted by Crippen LogP contribution is 2.38. The third kappa shape index (κ3) is 7.09. The van der Waals surface area contributed by atoms with E-state index in [-0.39, 0.29) is 18.4 Å². The molecular weight excluding hydrogens is 466 g/mol. The van der Waals surface area contributed by atoms with Crippen molar-refractivity contribution in [3.63, 3.8) is 0 Å². The molecule has 0 bridgehead atoms. The van der Waals surface area contributed by atoms with Crippen LogP contribution < -0.4 is 0 Å². The first-order valence-electron chi connectivity index (χ1n) is 11.7. The second-order valence-corrected chi connectivity index (χ2v) is 8.93. The lowest BCUT2D eigenvalue weighted by Gasteiger charge is -2.36. The quantitative estimate of drug-likeness (QED) is 0.201. The number of halogens is 1. The molecule has 0 saturated heterocycles. The maximum absolute atomic E-state index is 13.6. The van der Waals surface area contributed by atoms with Crippen LogP contribution in [0.4, 0.5) is 0 Å². The predicted octanol–water partition coefficient (Wildman–Crippen LogP) is 5.95. The Labute approximate surface area is 213 Å². The highest BCUT2D eigenvalue weighted by atomic mass is 35.5. The predicted molar refractivity (Wildman–Crippen MR) is 139 cm³/mol. The zero-order valence-electron chi connectivity index (χ0n) is 21.3. The second-order valence-electron chi connectivity index (χ2n) is 8.49. The number of nitrogens with zero attached hydrogens (tertiary/aromatic N) is 1. The smallest absolute Gasteiger partial charge is 0.337 e. The number of carbonyl (C=O) groups is 2. The average molecular weight is 502 g/mol. The largest absolute Gasteiger partial charge is 0.497 e. The van der Waals surface area contributed by atoms with Gasteiger partial charge in [-0.3, -0.25) is 4.79 Å². The summed E-state index contributed by atoms with van der Waals surface area (Å²) >= 11 is 6.08. The Hall–Kier alpha value is -2.83. The average Bonchev–Trinajstić information content (AvgIpc) is 2.83. The summed E-state index contributed by atoms with van der Waals surface area (Å²) in [4.78, 5) is 28.5. The molecule has 0 aromatic heterocycles. The molecule has 0 saturated carbocycles. The topological polar surface area (TPSA) is 65.1 Å². The van der Waals surface area contributed by atoms with Gasteiger partial charge in [0.05, 0.1) is 25.3 Å². The highest BCUT2D eigenvalue weighted by molar-refractivity contribution is 6.30. The molecule has 35 heavy (non-hydrogen) atoms. The molecule has 1 aromatic rings. The molecule has 0 radical (unpaired) electrons. The Kier molecular flexibility index (Phi) is 10.8. The fourth-order valence-corrected chi connectivity index (χ4v) is 4.40. The summed E-state index contributed by atoms with van der Waals surface area (Å²) in [5.41, 5.74) is 2.42. The van der Waals surface area contributed by atoms with Gasteiger partial charge in [0.1, 0.15) is 11.9 Å². The Bertz CT molecular complexity index is 995. The fourth-order valence-electron chi connectivity index (χ4n) is 4.28. The minimum absolute atomic E-state index is 0.0646. The first kappa shape index (κ1) is 28.4. The van der Waals surface area contributed by atoms with E-state index in [4.69, 9.17) is 25.8 Å². The van der Waals surface area contributed by atoms with Gasteiger partial charge < -0.3 is 19.1 Å². The van der Waals surface area contributed by atoms with Crippen LogP contribution >= 0.6 is 11.6 Å². The van der Waals surface area contributed by atoms with Crippen molar-refractivity contribution in [1.82, 2.24) is 4.90 Å². The van der Waals surface area contributed by atoms with Gasteiger partial charge in [-0.15, -0.1) is 0 Å². The van der Waals surface area contributed by atoms with Crippen LogP contribution in [0.2, 0.25) is 5.02 Å². The standard InChI is InChI=1S/C28H36ClNO5/c1-8-10-23(34-7)17-30-18(3)27(25(16-26(30)31)21-12-14-22(29)15-13-21)28(32)35-20(5)24(11-9-2)19(4)33-6/h9,11-15,20,23,25H,2,4,8,10,16-17H2,1,3,5-7H3/b24-11+/t20-,23?,25-/m0/s1. The van der Waals surface area contributed by atoms with Crippen LogP contribution in [0, 0.1) is 0 Å². The Balaban J connectivity index is 2.50. The number of benzene rings is 1. The number of ether oxygens (including phenoxy) is 3. The lowest BCUT2D eigenvalue weighted by molar-refractivity contribution is -0.143. The third-order valence-electron chi connectivity index (χ3n) is 6.23. The molecule has 1 unspecified atom stereocenters. The molecule has 0 spiro atoms. The zero-order chi connectivity index (χ0) is 26.1. The molecule has 0 aliphatic carbocycles. The first-order chi connectivity index (χ1) is 16.7. The number of allylic oxidation sites excluding steroid dienone is 3. The van der Waals surface area contributed by atoms with Crippen molar-refractivity contribution >= 4 is 23.5 Å². The Morgan fingerprint density at radius 2 is 1.94 bits per heavy atom. The molecule has 1 heterocycles. The van der Waals surface area contributed by atoms with Gasteiger partial charge in [0, 0.05) is 35.7 Å². The molecule has 1 aliphatic heterocycles. The van der Waals surface area contributed by atoms with E-state index in [1.165, 1.54) is 7.11 Å². The first-order valence-corrected chi connectivity index (χ1v) is 12.1. The van der Waals surface area contributed by atoms with Crippen molar-refractivity contribution in [3.05, 3.63) is 82.8 Å². The lowest BCUT2D eigenvalue weighted by atomic mass is 9.83. The highest BCUT2D eigenvalue weighted by Gasteiger charge is 2.38. The fraction of sp³-hybridized carbons (Fsp3) is 0.429. The van der Waals surface area contributed by atoms with Gasteiger partial charge in [-0.2, -0.15) is 0 Å². The van der Waals surface area contributed by atoms with E-state index >= 15 is 0 Å². The van der Waals surface area contributed by atoms with Crippen molar-refractivity contribution in [2.24, 2.45) is 0 Å². The summed E-state index contributed by atoms with van der Waals surface area (Å²) in [6.07, 6.45) is 4.38. The summed E-state index contributed by atoms with van der Waals surface area (Å²) in [5.74, 6) is -0.644. The van der Waals surface area contributed by atoms with Crippen LogP contribution in [0.5, 0.6) is 0 Å². The molecule has 0 fully saturated rings. The van der Waals surface area contributed by atoms with Crippen molar-refractivity contribution < 1.29 is 23.8 Å². The minimum atomic E-state index is -0.642. The Morgan fingerprint density at radius 3 is 2.49 bits per heavy atom. The van der Waals surface area contributed by atoms with Crippen molar-refractivity contribution in [3.8, 4) is 0 Å². The number of amides is 1. The van der Waals surface area contributed by atoms with Crippen LogP contribution in [0.25, 0.3) is 0 Å². The van der Waals surface area contributed by atoms with Crippen LogP contribution in [-0.4, -0.2) is 49.7 Å². The summed E-state index contributed by atoms with van der Waals surface area (Å²) in [7, 11) is 3.14. The molecule has 1 amide bonds. The zero-order valence-corrected chi connectivity index (χ0v) is 22.1.